The average Bonchev–Trinajstić information content (AvgIpc) is 2.87. The number of aromatic nitrogens is 1. The third kappa shape index (κ3) is 2.36. The van der Waals surface area contributed by atoms with Gasteiger partial charge in [0.2, 0.25) is 0 Å². The SMILES string of the molecule is Nc1cccc2cc(C(=O)Nc3ccccc3I)[nH]c12. The zero-order valence-electron chi connectivity index (χ0n) is 10.5. The zero-order chi connectivity index (χ0) is 14.1. The second kappa shape index (κ2) is 5.16. The molecule has 5 heteroatoms. The number of H-pyrrole nitrogens is 1. The van der Waals surface area contributed by atoms with Crippen molar-refractivity contribution < 1.29 is 4.79 Å². The molecule has 100 valence electrons. The number of nitrogens with one attached hydrogen (secondary N) is 2. The van der Waals surface area contributed by atoms with Crippen LogP contribution >= 0.6 is 22.6 Å². The first-order valence-electron chi connectivity index (χ1n) is 6.08. The van der Waals surface area contributed by atoms with E-state index in [1.807, 2.05) is 36.4 Å². The number of para-hydroxylation sites is 2. The molecule has 0 aliphatic carbocycles. The van der Waals surface area contributed by atoms with E-state index >= 15 is 0 Å². The van der Waals surface area contributed by atoms with Crippen LogP contribution in [0.4, 0.5) is 11.4 Å². The van der Waals surface area contributed by atoms with Gasteiger partial charge in [-0.25, -0.2) is 0 Å². The zero-order valence-corrected chi connectivity index (χ0v) is 12.6. The quantitative estimate of drug-likeness (QED) is 0.472. The molecule has 0 aliphatic rings. The van der Waals surface area contributed by atoms with Gasteiger partial charge in [-0.3, -0.25) is 4.79 Å². The summed E-state index contributed by atoms with van der Waals surface area (Å²) in [5.41, 5.74) is 8.60. The van der Waals surface area contributed by atoms with E-state index in [0.717, 1.165) is 20.2 Å². The maximum absolute atomic E-state index is 12.3. The average molecular weight is 377 g/mol. The number of fused-ring (bicyclic) bond motifs is 1. The van der Waals surface area contributed by atoms with Crippen LogP contribution in [-0.2, 0) is 0 Å². The van der Waals surface area contributed by atoms with E-state index < -0.39 is 0 Å². The van der Waals surface area contributed by atoms with Gasteiger partial charge in [-0.05, 0) is 46.9 Å². The number of nitrogen functional groups attached to an aromatic ring is 1. The van der Waals surface area contributed by atoms with Crippen LogP contribution in [0.25, 0.3) is 10.9 Å². The molecule has 0 saturated carbocycles. The molecule has 0 atom stereocenters. The summed E-state index contributed by atoms with van der Waals surface area (Å²) >= 11 is 2.19. The molecule has 0 fully saturated rings. The highest BCUT2D eigenvalue weighted by Gasteiger charge is 2.11. The lowest BCUT2D eigenvalue weighted by molar-refractivity contribution is 0.102. The minimum Gasteiger partial charge on any atom is -0.397 e. The summed E-state index contributed by atoms with van der Waals surface area (Å²) < 4.78 is 0.995. The van der Waals surface area contributed by atoms with Gasteiger partial charge in [-0.2, -0.15) is 0 Å². The smallest absolute Gasteiger partial charge is 0.272 e. The predicted octanol–water partition coefficient (Wildman–Crippen LogP) is 3.61. The number of anilines is 2. The molecule has 1 amide bonds. The number of nitrogens with two attached hydrogens (primary N) is 1. The summed E-state index contributed by atoms with van der Waals surface area (Å²) in [6.07, 6.45) is 0. The number of hydrogen-bond donors (Lipinski definition) is 3. The van der Waals surface area contributed by atoms with Crippen molar-refractivity contribution >= 4 is 50.8 Å². The molecule has 20 heavy (non-hydrogen) atoms. The van der Waals surface area contributed by atoms with Crippen molar-refractivity contribution in [2.24, 2.45) is 0 Å². The van der Waals surface area contributed by atoms with Gasteiger partial charge in [-0.1, -0.05) is 24.3 Å². The molecule has 0 bridgehead atoms. The number of hydrogen-bond acceptors (Lipinski definition) is 2. The van der Waals surface area contributed by atoms with Crippen LogP contribution in [0, 0.1) is 3.57 Å². The monoisotopic (exact) mass is 377 g/mol. The predicted molar refractivity (Wildman–Crippen MR) is 89.8 cm³/mol. The van der Waals surface area contributed by atoms with Crippen molar-refractivity contribution in [3.05, 3.63) is 57.8 Å². The van der Waals surface area contributed by atoms with Crippen molar-refractivity contribution in [3.8, 4) is 0 Å². The van der Waals surface area contributed by atoms with Gasteiger partial charge >= 0.3 is 0 Å². The summed E-state index contributed by atoms with van der Waals surface area (Å²) in [6, 6.07) is 15.0. The molecule has 0 saturated heterocycles. The fraction of sp³-hybridized carbons (Fsp3) is 0. The molecule has 1 aromatic heterocycles. The highest BCUT2D eigenvalue weighted by Crippen LogP contribution is 2.22. The van der Waals surface area contributed by atoms with E-state index in [0.29, 0.717) is 11.4 Å². The van der Waals surface area contributed by atoms with Crippen molar-refractivity contribution in [3.63, 3.8) is 0 Å². The first-order valence-corrected chi connectivity index (χ1v) is 7.16. The van der Waals surface area contributed by atoms with Gasteiger partial charge < -0.3 is 16.0 Å². The van der Waals surface area contributed by atoms with Gasteiger partial charge in [0.15, 0.2) is 0 Å². The number of carbonyl (C=O) groups excluding carboxylic acids is 1. The van der Waals surface area contributed by atoms with Gasteiger partial charge in [0, 0.05) is 8.96 Å². The van der Waals surface area contributed by atoms with E-state index in [1.165, 1.54) is 0 Å². The maximum Gasteiger partial charge on any atom is 0.272 e. The summed E-state index contributed by atoms with van der Waals surface area (Å²) in [7, 11) is 0. The lowest BCUT2D eigenvalue weighted by atomic mass is 10.2. The Bertz CT molecular complexity index is 795. The van der Waals surface area contributed by atoms with Crippen molar-refractivity contribution in [1.82, 2.24) is 4.98 Å². The number of aromatic amines is 1. The first-order chi connectivity index (χ1) is 9.65. The van der Waals surface area contributed by atoms with Crippen LogP contribution in [0.1, 0.15) is 10.5 Å². The minimum absolute atomic E-state index is 0.176. The number of carbonyl (C=O) groups is 1. The Morgan fingerprint density at radius 1 is 1.15 bits per heavy atom. The summed E-state index contributed by atoms with van der Waals surface area (Å²) in [4.78, 5) is 15.3. The maximum atomic E-state index is 12.3. The van der Waals surface area contributed by atoms with Gasteiger partial charge in [-0.15, -0.1) is 0 Å². The topological polar surface area (TPSA) is 70.9 Å². The number of rotatable bonds is 2. The third-order valence-corrected chi connectivity index (χ3v) is 4.00. The van der Waals surface area contributed by atoms with E-state index in [1.54, 1.807) is 12.1 Å². The van der Waals surface area contributed by atoms with Crippen LogP contribution in [0.5, 0.6) is 0 Å². The molecule has 4 nitrogen and oxygen atoms in total. The minimum atomic E-state index is -0.176. The Morgan fingerprint density at radius 3 is 2.70 bits per heavy atom. The third-order valence-electron chi connectivity index (χ3n) is 3.06. The fourth-order valence-electron chi connectivity index (χ4n) is 2.05. The fourth-order valence-corrected chi connectivity index (χ4v) is 2.58. The Labute approximate surface area is 129 Å². The Hall–Kier alpha value is -2.02. The normalized spacial score (nSPS) is 10.7. The molecule has 2 aromatic carbocycles. The van der Waals surface area contributed by atoms with E-state index in [4.69, 9.17) is 5.73 Å². The number of benzene rings is 2. The highest BCUT2D eigenvalue weighted by molar-refractivity contribution is 14.1. The van der Waals surface area contributed by atoms with E-state index in [-0.39, 0.29) is 5.91 Å². The lowest BCUT2D eigenvalue weighted by Crippen LogP contribution is -2.13. The largest absolute Gasteiger partial charge is 0.397 e. The molecule has 0 radical (unpaired) electrons. The second-order valence-electron chi connectivity index (χ2n) is 4.43. The standard InChI is InChI=1S/C15H12IN3O/c16-10-5-1-2-7-12(10)19-15(20)13-8-9-4-3-6-11(17)14(9)18-13/h1-8,18H,17H2,(H,19,20). The Kier molecular flexibility index (Phi) is 3.35. The Morgan fingerprint density at radius 2 is 1.95 bits per heavy atom. The molecule has 0 spiro atoms. The number of halogens is 1. The van der Waals surface area contributed by atoms with Crippen LogP contribution in [0.15, 0.2) is 48.5 Å². The summed E-state index contributed by atoms with van der Waals surface area (Å²) in [5.74, 6) is -0.176. The first kappa shape index (κ1) is 13.0. The summed E-state index contributed by atoms with van der Waals surface area (Å²) in [6.45, 7) is 0. The van der Waals surface area contributed by atoms with E-state index in [9.17, 15) is 4.79 Å². The van der Waals surface area contributed by atoms with E-state index in [2.05, 4.69) is 32.9 Å². The molecule has 0 unspecified atom stereocenters. The van der Waals surface area contributed by atoms with Crippen molar-refractivity contribution in [1.29, 1.82) is 0 Å². The molecular formula is C15H12IN3O. The summed E-state index contributed by atoms with van der Waals surface area (Å²) in [5, 5.41) is 3.82. The molecule has 1 heterocycles. The van der Waals surface area contributed by atoms with Crippen molar-refractivity contribution in [2.45, 2.75) is 0 Å². The molecule has 3 rings (SSSR count). The highest BCUT2D eigenvalue weighted by atomic mass is 127. The number of amides is 1. The van der Waals surface area contributed by atoms with Crippen LogP contribution < -0.4 is 11.1 Å². The van der Waals surface area contributed by atoms with Crippen LogP contribution in [-0.4, -0.2) is 10.9 Å². The Balaban J connectivity index is 1.93. The molecular weight excluding hydrogens is 365 g/mol. The molecule has 4 N–H and O–H groups in total. The van der Waals surface area contributed by atoms with Gasteiger partial charge in [0.1, 0.15) is 5.69 Å². The van der Waals surface area contributed by atoms with Gasteiger partial charge in [0.25, 0.3) is 5.91 Å². The van der Waals surface area contributed by atoms with Crippen LogP contribution in [0.3, 0.4) is 0 Å². The second-order valence-corrected chi connectivity index (χ2v) is 5.59. The van der Waals surface area contributed by atoms with Crippen molar-refractivity contribution in [2.75, 3.05) is 11.1 Å². The lowest BCUT2D eigenvalue weighted by Gasteiger charge is -2.05. The molecule has 0 aliphatic heterocycles. The van der Waals surface area contributed by atoms with Gasteiger partial charge in [0.05, 0.1) is 16.9 Å². The van der Waals surface area contributed by atoms with Crippen LogP contribution in [0.2, 0.25) is 0 Å². The molecule has 3 aromatic rings.